The van der Waals surface area contributed by atoms with Gasteiger partial charge in [0.2, 0.25) is 0 Å². The minimum absolute atomic E-state index is 0.0272. The van der Waals surface area contributed by atoms with E-state index in [1.54, 1.807) is 4.90 Å². The molecule has 2 atom stereocenters. The highest BCUT2D eigenvalue weighted by atomic mass is 16.5. The number of nitrogens with two attached hydrogens (primary N) is 1. The Bertz CT molecular complexity index is 182. The number of methoxy groups -OCH3 is 1. The molecule has 0 bridgehead atoms. The molecule has 1 aliphatic rings. The summed E-state index contributed by atoms with van der Waals surface area (Å²) < 4.78 is 4.70. The molecule has 1 heterocycles. The predicted octanol–water partition coefficient (Wildman–Crippen LogP) is 0.954. The number of carbonyl (C=O) groups is 1. The van der Waals surface area contributed by atoms with E-state index in [1.165, 1.54) is 7.11 Å². The fourth-order valence-electron chi connectivity index (χ4n) is 1.85. The molecule has 0 radical (unpaired) electrons. The summed E-state index contributed by atoms with van der Waals surface area (Å²) in [6.07, 6.45) is 2.95. The number of nitrogens with zero attached hydrogens (tertiary/aromatic N) is 1. The van der Waals surface area contributed by atoms with E-state index < -0.39 is 0 Å². The minimum Gasteiger partial charge on any atom is -0.453 e. The average molecular weight is 186 g/mol. The van der Waals surface area contributed by atoms with Gasteiger partial charge in [0.05, 0.1) is 7.11 Å². The van der Waals surface area contributed by atoms with Crippen LogP contribution in [0.25, 0.3) is 0 Å². The summed E-state index contributed by atoms with van der Waals surface area (Å²) in [7, 11) is 1.41. The van der Waals surface area contributed by atoms with Crippen molar-refractivity contribution in [2.45, 2.75) is 38.3 Å². The first kappa shape index (κ1) is 10.3. The van der Waals surface area contributed by atoms with Crippen molar-refractivity contribution in [1.82, 2.24) is 4.90 Å². The number of likely N-dealkylation sites (tertiary alicyclic amines) is 1. The number of carbonyl (C=O) groups excluding carboxylic acids is 1. The zero-order chi connectivity index (χ0) is 9.84. The number of amides is 1. The molecule has 1 rings (SSSR count). The van der Waals surface area contributed by atoms with Gasteiger partial charge < -0.3 is 15.4 Å². The Balaban J connectivity index is 2.61. The van der Waals surface area contributed by atoms with E-state index >= 15 is 0 Å². The molecule has 0 saturated carbocycles. The fraction of sp³-hybridized carbons (Fsp3) is 0.889. The van der Waals surface area contributed by atoms with Crippen LogP contribution in [0.1, 0.15) is 26.2 Å². The topological polar surface area (TPSA) is 55.6 Å². The highest BCUT2D eigenvalue weighted by molar-refractivity contribution is 5.68. The molecule has 0 aromatic rings. The van der Waals surface area contributed by atoms with Crippen molar-refractivity contribution in [2.75, 3.05) is 13.7 Å². The Hall–Kier alpha value is -0.770. The first-order chi connectivity index (χ1) is 6.16. The smallest absolute Gasteiger partial charge is 0.409 e. The monoisotopic (exact) mass is 186 g/mol. The summed E-state index contributed by atoms with van der Waals surface area (Å²) in [5.74, 6) is 0. The molecule has 4 heteroatoms. The molecule has 0 aromatic heterocycles. The summed E-state index contributed by atoms with van der Waals surface area (Å²) in [4.78, 5) is 13.1. The third-order valence-electron chi connectivity index (χ3n) is 2.57. The van der Waals surface area contributed by atoms with Gasteiger partial charge in [0, 0.05) is 18.6 Å². The molecule has 76 valence electrons. The molecule has 2 N–H and O–H groups in total. The van der Waals surface area contributed by atoms with Gasteiger partial charge >= 0.3 is 6.09 Å². The van der Waals surface area contributed by atoms with Gasteiger partial charge in [-0.15, -0.1) is 0 Å². The Morgan fingerprint density at radius 2 is 2.31 bits per heavy atom. The van der Waals surface area contributed by atoms with Gasteiger partial charge in [-0.2, -0.15) is 0 Å². The van der Waals surface area contributed by atoms with E-state index in [0.29, 0.717) is 0 Å². The van der Waals surface area contributed by atoms with Crippen LogP contribution < -0.4 is 5.73 Å². The predicted molar refractivity (Wildman–Crippen MR) is 50.4 cm³/mol. The maximum atomic E-state index is 11.3. The number of hydrogen-bond acceptors (Lipinski definition) is 3. The van der Waals surface area contributed by atoms with Gasteiger partial charge in [-0.05, 0) is 26.2 Å². The third-order valence-corrected chi connectivity index (χ3v) is 2.57. The molecule has 1 saturated heterocycles. The van der Waals surface area contributed by atoms with Crippen LogP contribution in [0.5, 0.6) is 0 Å². The van der Waals surface area contributed by atoms with Crippen LogP contribution in [0.4, 0.5) is 4.79 Å². The summed E-state index contributed by atoms with van der Waals surface area (Å²) in [5.41, 5.74) is 5.80. The molecule has 0 spiro atoms. The highest BCUT2D eigenvalue weighted by Crippen LogP contribution is 2.19. The molecule has 1 fully saturated rings. The molecule has 0 aliphatic carbocycles. The quantitative estimate of drug-likeness (QED) is 0.663. The zero-order valence-electron chi connectivity index (χ0n) is 8.32. The van der Waals surface area contributed by atoms with Gasteiger partial charge in [0.25, 0.3) is 0 Å². The lowest BCUT2D eigenvalue weighted by Gasteiger charge is -2.36. The third kappa shape index (κ3) is 2.34. The highest BCUT2D eigenvalue weighted by Gasteiger charge is 2.29. The standard InChI is InChI=1S/C9H18N2O2/c1-7(10)8-5-3-4-6-11(8)9(12)13-2/h7-8H,3-6,10H2,1-2H3. The van der Waals surface area contributed by atoms with E-state index in [2.05, 4.69) is 0 Å². The van der Waals surface area contributed by atoms with Crippen LogP contribution >= 0.6 is 0 Å². The van der Waals surface area contributed by atoms with Crippen molar-refractivity contribution in [1.29, 1.82) is 0 Å². The van der Waals surface area contributed by atoms with E-state index in [0.717, 1.165) is 25.8 Å². The van der Waals surface area contributed by atoms with Crippen LogP contribution in [-0.2, 0) is 4.74 Å². The first-order valence-electron chi connectivity index (χ1n) is 4.77. The maximum Gasteiger partial charge on any atom is 0.409 e. The van der Waals surface area contributed by atoms with Crippen molar-refractivity contribution in [2.24, 2.45) is 5.73 Å². The minimum atomic E-state index is -0.248. The number of hydrogen-bond donors (Lipinski definition) is 1. The lowest BCUT2D eigenvalue weighted by atomic mass is 9.98. The largest absolute Gasteiger partial charge is 0.453 e. The second-order valence-electron chi connectivity index (χ2n) is 3.59. The summed E-state index contributed by atoms with van der Waals surface area (Å²) in [5, 5.41) is 0. The summed E-state index contributed by atoms with van der Waals surface area (Å²) in [6, 6.07) is 0.181. The Kier molecular flexibility index (Phi) is 3.54. The van der Waals surface area contributed by atoms with Gasteiger partial charge in [0.15, 0.2) is 0 Å². The molecule has 0 aromatic carbocycles. The Labute approximate surface area is 79.0 Å². The van der Waals surface area contributed by atoms with Crippen LogP contribution in [0.2, 0.25) is 0 Å². The van der Waals surface area contributed by atoms with E-state index in [9.17, 15) is 4.79 Å². The van der Waals surface area contributed by atoms with E-state index in [4.69, 9.17) is 10.5 Å². The van der Waals surface area contributed by atoms with Gasteiger partial charge in [-0.1, -0.05) is 0 Å². The SMILES string of the molecule is COC(=O)N1CCCCC1C(C)N. The van der Waals surface area contributed by atoms with Gasteiger partial charge in [-0.25, -0.2) is 4.79 Å². The normalized spacial score (nSPS) is 25.5. The molecule has 13 heavy (non-hydrogen) atoms. The van der Waals surface area contributed by atoms with Crippen molar-refractivity contribution in [3.63, 3.8) is 0 Å². The molecule has 4 nitrogen and oxygen atoms in total. The van der Waals surface area contributed by atoms with Crippen molar-refractivity contribution >= 4 is 6.09 Å². The lowest BCUT2D eigenvalue weighted by molar-refractivity contribution is 0.0831. The maximum absolute atomic E-state index is 11.3. The summed E-state index contributed by atoms with van der Waals surface area (Å²) in [6.45, 7) is 2.71. The zero-order valence-corrected chi connectivity index (χ0v) is 8.32. The van der Waals surface area contributed by atoms with Crippen LogP contribution in [-0.4, -0.2) is 36.7 Å². The molecule has 1 aliphatic heterocycles. The van der Waals surface area contributed by atoms with Crippen molar-refractivity contribution < 1.29 is 9.53 Å². The molecular formula is C9H18N2O2. The first-order valence-corrected chi connectivity index (χ1v) is 4.77. The molecule has 2 unspecified atom stereocenters. The van der Waals surface area contributed by atoms with E-state index in [-0.39, 0.29) is 18.2 Å². The van der Waals surface area contributed by atoms with Crippen molar-refractivity contribution in [3.05, 3.63) is 0 Å². The summed E-state index contributed by atoms with van der Waals surface area (Å²) >= 11 is 0. The van der Waals surface area contributed by atoms with Crippen LogP contribution in [0, 0.1) is 0 Å². The Morgan fingerprint density at radius 1 is 1.62 bits per heavy atom. The van der Waals surface area contributed by atoms with Crippen LogP contribution in [0.3, 0.4) is 0 Å². The number of ether oxygens (including phenoxy) is 1. The van der Waals surface area contributed by atoms with Gasteiger partial charge in [0.1, 0.15) is 0 Å². The second kappa shape index (κ2) is 4.46. The average Bonchev–Trinajstić information content (AvgIpc) is 2.16. The Morgan fingerprint density at radius 3 is 2.85 bits per heavy atom. The second-order valence-corrected chi connectivity index (χ2v) is 3.59. The fourth-order valence-corrected chi connectivity index (χ4v) is 1.85. The molecular weight excluding hydrogens is 168 g/mol. The lowest BCUT2D eigenvalue weighted by Crippen LogP contribution is -2.51. The number of rotatable bonds is 1. The van der Waals surface area contributed by atoms with Crippen molar-refractivity contribution in [3.8, 4) is 0 Å². The number of piperidine rings is 1. The molecule has 1 amide bonds. The van der Waals surface area contributed by atoms with Gasteiger partial charge in [-0.3, -0.25) is 0 Å². The van der Waals surface area contributed by atoms with E-state index in [1.807, 2.05) is 6.92 Å². The van der Waals surface area contributed by atoms with Crippen LogP contribution in [0.15, 0.2) is 0 Å².